The van der Waals surface area contributed by atoms with Crippen LogP contribution in [0.25, 0.3) is 10.9 Å². The Morgan fingerprint density at radius 2 is 1.86 bits per heavy atom. The molecule has 2 aromatic rings. The van der Waals surface area contributed by atoms with E-state index in [2.05, 4.69) is 5.32 Å². The van der Waals surface area contributed by atoms with Gasteiger partial charge in [-0.3, -0.25) is 14.9 Å². The van der Waals surface area contributed by atoms with Crippen molar-refractivity contribution in [2.75, 3.05) is 7.11 Å². The number of nitrogens with zero attached hydrogens (tertiary/aromatic N) is 1. The van der Waals surface area contributed by atoms with Crippen LogP contribution in [0.1, 0.15) is 11.3 Å². The minimum Gasteiger partial charge on any atom is -0.452 e. The monoisotopic (exact) mass is 298 g/mol. The molecule has 0 spiro atoms. The molecule has 1 saturated heterocycles. The van der Waals surface area contributed by atoms with E-state index in [4.69, 9.17) is 4.74 Å². The van der Waals surface area contributed by atoms with Gasteiger partial charge in [0.15, 0.2) is 0 Å². The number of imide groups is 1. The smallest absolute Gasteiger partial charge is 0.418 e. The fraction of sp³-hybridized carbons (Fsp3) is 0.312. The number of hydrogen-bond acceptors (Lipinski definition) is 4. The van der Waals surface area contributed by atoms with Gasteiger partial charge in [0, 0.05) is 17.5 Å². The van der Waals surface area contributed by atoms with Crippen molar-refractivity contribution in [2.45, 2.75) is 12.8 Å². The molecule has 1 fully saturated rings. The third-order valence-electron chi connectivity index (χ3n) is 4.69. The Balaban J connectivity index is 1.96. The summed E-state index contributed by atoms with van der Waals surface area (Å²) in [6.07, 6.45) is 0.379. The molecule has 1 aromatic heterocycles. The number of rotatable bonds is 0. The number of aromatic nitrogens is 1. The second-order valence-corrected chi connectivity index (χ2v) is 5.72. The minimum atomic E-state index is -0.472. The van der Waals surface area contributed by atoms with E-state index >= 15 is 0 Å². The van der Waals surface area contributed by atoms with Crippen LogP contribution in [-0.2, 0) is 27.2 Å². The average Bonchev–Trinajstić information content (AvgIpc) is 3.00. The third kappa shape index (κ3) is 1.57. The van der Waals surface area contributed by atoms with E-state index in [0.717, 1.165) is 22.2 Å². The summed E-state index contributed by atoms with van der Waals surface area (Å²) in [4.78, 5) is 36.0. The lowest BCUT2D eigenvalue weighted by molar-refractivity contribution is -0.126. The summed E-state index contributed by atoms with van der Waals surface area (Å²) in [5, 5.41) is 3.33. The molecule has 6 nitrogen and oxygen atoms in total. The predicted molar refractivity (Wildman–Crippen MR) is 77.3 cm³/mol. The lowest BCUT2D eigenvalue weighted by Crippen LogP contribution is -2.29. The van der Waals surface area contributed by atoms with Gasteiger partial charge in [-0.15, -0.1) is 0 Å². The first kappa shape index (κ1) is 13.1. The van der Waals surface area contributed by atoms with Crippen molar-refractivity contribution in [3.63, 3.8) is 0 Å². The number of carbonyl (C=O) groups is 3. The molecule has 0 saturated carbocycles. The first-order chi connectivity index (χ1) is 10.6. The predicted octanol–water partition coefficient (Wildman–Crippen LogP) is 1.24. The molecule has 2 heterocycles. The van der Waals surface area contributed by atoms with Gasteiger partial charge in [0.25, 0.3) is 0 Å². The SMILES string of the molecule is COC(=O)n1c2c(c3ccccc31)C[C@H]1C(=O)NC(=O)[C@@H]1C2. The van der Waals surface area contributed by atoms with Gasteiger partial charge >= 0.3 is 6.09 Å². The highest BCUT2D eigenvalue weighted by Crippen LogP contribution is 2.39. The Morgan fingerprint density at radius 1 is 1.18 bits per heavy atom. The maximum Gasteiger partial charge on any atom is 0.418 e. The van der Waals surface area contributed by atoms with E-state index < -0.39 is 12.0 Å². The van der Waals surface area contributed by atoms with Crippen LogP contribution >= 0.6 is 0 Å². The number of para-hydroxylation sites is 1. The summed E-state index contributed by atoms with van der Waals surface area (Å²) < 4.78 is 6.41. The second-order valence-electron chi connectivity index (χ2n) is 5.72. The van der Waals surface area contributed by atoms with Crippen LogP contribution in [0, 0.1) is 11.8 Å². The Kier molecular flexibility index (Phi) is 2.63. The summed E-state index contributed by atoms with van der Waals surface area (Å²) >= 11 is 0. The molecule has 1 aliphatic heterocycles. The lowest BCUT2D eigenvalue weighted by Gasteiger charge is -2.23. The number of fused-ring (bicyclic) bond motifs is 4. The zero-order valence-electron chi connectivity index (χ0n) is 12.0. The van der Waals surface area contributed by atoms with Crippen LogP contribution in [0.2, 0.25) is 0 Å². The number of ether oxygens (including phenoxy) is 1. The molecule has 4 rings (SSSR count). The summed E-state index contributed by atoms with van der Waals surface area (Å²) in [5.41, 5.74) is 2.50. The van der Waals surface area contributed by atoms with Crippen LogP contribution < -0.4 is 5.32 Å². The van der Waals surface area contributed by atoms with Gasteiger partial charge in [0.2, 0.25) is 11.8 Å². The second kappa shape index (κ2) is 4.43. The molecular formula is C16H14N2O4. The van der Waals surface area contributed by atoms with Crippen molar-refractivity contribution in [1.82, 2.24) is 9.88 Å². The molecule has 1 aliphatic carbocycles. The molecule has 2 amide bonds. The minimum absolute atomic E-state index is 0.212. The summed E-state index contributed by atoms with van der Waals surface area (Å²) in [6, 6.07) is 7.53. The maximum atomic E-state index is 12.2. The number of hydrogen-bond donors (Lipinski definition) is 1. The summed E-state index contributed by atoms with van der Waals surface area (Å²) in [6.45, 7) is 0. The van der Waals surface area contributed by atoms with Crippen LogP contribution in [-0.4, -0.2) is 29.6 Å². The molecule has 1 N–H and O–H groups in total. The molecule has 0 bridgehead atoms. The van der Waals surface area contributed by atoms with Crippen LogP contribution in [0.4, 0.5) is 4.79 Å². The van der Waals surface area contributed by atoms with Gasteiger partial charge in [-0.2, -0.15) is 0 Å². The lowest BCUT2D eigenvalue weighted by atomic mass is 9.79. The fourth-order valence-corrected chi connectivity index (χ4v) is 3.67. The van der Waals surface area contributed by atoms with Crippen molar-refractivity contribution >= 4 is 28.8 Å². The quantitative estimate of drug-likeness (QED) is 0.742. The number of nitrogens with one attached hydrogen (secondary N) is 1. The van der Waals surface area contributed by atoms with E-state index in [9.17, 15) is 14.4 Å². The van der Waals surface area contributed by atoms with Gasteiger partial charge in [-0.05, 0) is 18.1 Å². The Bertz CT molecular complexity index is 836. The highest BCUT2D eigenvalue weighted by Gasteiger charge is 2.46. The first-order valence-corrected chi connectivity index (χ1v) is 7.16. The zero-order valence-corrected chi connectivity index (χ0v) is 12.0. The van der Waals surface area contributed by atoms with E-state index in [1.165, 1.54) is 11.7 Å². The highest BCUT2D eigenvalue weighted by atomic mass is 16.5. The molecule has 112 valence electrons. The first-order valence-electron chi connectivity index (χ1n) is 7.16. The maximum absolute atomic E-state index is 12.2. The fourth-order valence-electron chi connectivity index (χ4n) is 3.67. The summed E-state index contributed by atoms with van der Waals surface area (Å²) in [5.74, 6) is -1.19. The molecule has 2 atom stereocenters. The Hall–Kier alpha value is -2.63. The van der Waals surface area contributed by atoms with Crippen molar-refractivity contribution in [3.8, 4) is 0 Å². The average molecular weight is 298 g/mol. The zero-order chi connectivity index (χ0) is 15.4. The van der Waals surface area contributed by atoms with Crippen molar-refractivity contribution in [2.24, 2.45) is 11.8 Å². The molecule has 0 unspecified atom stereocenters. The molecule has 1 aromatic carbocycles. The van der Waals surface area contributed by atoms with Gasteiger partial charge in [0.1, 0.15) is 0 Å². The third-order valence-corrected chi connectivity index (χ3v) is 4.69. The van der Waals surface area contributed by atoms with E-state index in [1.54, 1.807) is 0 Å². The van der Waals surface area contributed by atoms with E-state index in [-0.39, 0.29) is 17.7 Å². The van der Waals surface area contributed by atoms with Crippen molar-refractivity contribution in [1.29, 1.82) is 0 Å². The molecule has 0 radical (unpaired) electrons. The topological polar surface area (TPSA) is 77.4 Å². The van der Waals surface area contributed by atoms with Crippen molar-refractivity contribution in [3.05, 3.63) is 35.5 Å². The number of carbonyl (C=O) groups excluding carboxylic acids is 3. The molecule has 6 heteroatoms. The number of amides is 2. The molecule has 2 aliphatic rings. The van der Waals surface area contributed by atoms with Gasteiger partial charge in [0.05, 0.1) is 24.5 Å². The standard InChI is InChI=1S/C16H14N2O4/c1-22-16(21)18-12-5-3-2-4-8(12)9-6-10-11(7-13(9)18)15(20)17-14(10)19/h2-5,10-11H,6-7H2,1H3,(H,17,19,20)/t10-,11-/m1/s1. The van der Waals surface area contributed by atoms with Crippen LogP contribution in [0.5, 0.6) is 0 Å². The normalized spacial score (nSPS) is 23.1. The largest absolute Gasteiger partial charge is 0.452 e. The van der Waals surface area contributed by atoms with Crippen LogP contribution in [0.15, 0.2) is 24.3 Å². The Morgan fingerprint density at radius 3 is 2.59 bits per heavy atom. The molecule has 22 heavy (non-hydrogen) atoms. The summed E-state index contributed by atoms with van der Waals surface area (Å²) in [7, 11) is 1.33. The van der Waals surface area contributed by atoms with E-state index in [1.807, 2.05) is 24.3 Å². The van der Waals surface area contributed by atoms with Gasteiger partial charge < -0.3 is 4.74 Å². The van der Waals surface area contributed by atoms with Crippen molar-refractivity contribution < 1.29 is 19.1 Å². The Labute approximate surface area is 126 Å². The highest BCUT2D eigenvalue weighted by molar-refractivity contribution is 6.06. The van der Waals surface area contributed by atoms with Gasteiger partial charge in [-0.1, -0.05) is 18.2 Å². The molecular weight excluding hydrogens is 284 g/mol. The van der Waals surface area contributed by atoms with Gasteiger partial charge in [-0.25, -0.2) is 9.36 Å². The van der Waals surface area contributed by atoms with E-state index in [0.29, 0.717) is 12.8 Å². The van der Waals surface area contributed by atoms with Crippen LogP contribution in [0.3, 0.4) is 0 Å². The number of methoxy groups -OCH3 is 1. The number of benzene rings is 1.